The van der Waals surface area contributed by atoms with Crippen molar-refractivity contribution in [3.8, 4) is 0 Å². The Balaban J connectivity index is 0.000000167. The van der Waals surface area contributed by atoms with E-state index in [1.54, 1.807) is 0 Å². The normalized spacial score (nSPS) is 30.2. The molecule has 80 valence electrons. The van der Waals surface area contributed by atoms with Crippen LogP contribution in [0.3, 0.4) is 0 Å². The van der Waals surface area contributed by atoms with Gasteiger partial charge in [-0.05, 0) is 20.8 Å². The van der Waals surface area contributed by atoms with Crippen molar-refractivity contribution in [1.82, 2.24) is 0 Å². The molecule has 4 nitrogen and oxygen atoms in total. The third kappa shape index (κ3) is 18.7. The Morgan fingerprint density at radius 3 is 1.38 bits per heavy atom. The number of ether oxygens (including phenoxy) is 2. The van der Waals surface area contributed by atoms with Crippen LogP contribution in [0.4, 0.5) is 0 Å². The van der Waals surface area contributed by atoms with Crippen molar-refractivity contribution in [2.75, 3.05) is 19.8 Å². The zero-order valence-corrected chi connectivity index (χ0v) is 8.56. The van der Waals surface area contributed by atoms with Gasteiger partial charge < -0.3 is 19.7 Å². The minimum absolute atomic E-state index is 0.139. The molecule has 0 aromatic rings. The van der Waals surface area contributed by atoms with Crippen LogP contribution >= 0.6 is 0 Å². The average Bonchev–Trinajstić information content (AvgIpc) is 2.94. The van der Waals surface area contributed by atoms with Crippen molar-refractivity contribution in [3.05, 3.63) is 0 Å². The Morgan fingerprint density at radius 2 is 1.38 bits per heavy atom. The number of aliphatic hydroxyl groups is 2. The first-order valence-electron chi connectivity index (χ1n) is 4.58. The van der Waals surface area contributed by atoms with Gasteiger partial charge in [0, 0.05) is 0 Å². The van der Waals surface area contributed by atoms with Gasteiger partial charge in [-0.2, -0.15) is 0 Å². The largest absolute Gasteiger partial charge is 0.394 e. The molecule has 0 amide bonds. The first-order chi connectivity index (χ1) is 6.06. The van der Waals surface area contributed by atoms with Gasteiger partial charge in [-0.3, -0.25) is 0 Å². The standard InChI is InChI=1S/C3H8O2.2C3H6O/c1-3(5)2-4;2*1-3-2-4-3/h3-5H,2H2,1H3;2*3H,2H2,1H3/t2*3-;/m10./s1. The third-order valence-electron chi connectivity index (χ3n) is 1.26. The van der Waals surface area contributed by atoms with E-state index >= 15 is 0 Å². The molecule has 0 radical (unpaired) electrons. The fourth-order valence-electron chi connectivity index (χ4n) is 0.192. The van der Waals surface area contributed by atoms with E-state index in [-0.39, 0.29) is 6.61 Å². The van der Waals surface area contributed by atoms with Crippen LogP contribution in [0.5, 0.6) is 0 Å². The van der Waals surface area contributed by atoms with Crippen LogP contribution in [0.25, 0.3) is 0 Å². The number of aliphatic hydroxyl groups excluding tert-OH is 2. The third-order valence-corrected chi connectivity index (χ3v) is 1.26. The van der Waals surface area contributed by atoms with Gasteiger partial charge in [0.05, 0.1) is 38.1 Å². The fourth-order valence-corrected chi connectivity index (χ4v) is 0.192. The van der Waals surface area contributed by atoms with Gasteiger partial charge in [0.2, 0.25) is 0 Å². The monoisotopic (exact) mass is 192 g/mol. The minimum Gasteiger partial charge on any atom is -0.394 e. The molecule has 2 saturated heterocycles. The SMILES string of the molecule is CC1CO1.C[C@@H](O)CO.C[C@H]1CO1. The van der Waals surface area contributed by atoms with Gasteiger partial charge in [0.1, 0.15) is 0 Å². The van der Waals surface area contributed by atoms with E-state index in [1.165, 1.54) is 6.92 Å². The Labute approximate surface area is 79.5 Å². The van der Waals surface area contributed by atoms with Crippen molar-refractivity contribution in [2.24, 2.45) is 0 Å². The van der Waals surface area contributed by atoms with Crippen molar-refractivity contribution >= 4 is 0 Å². The molecule has 0 saturated carbocycles. The van der Waals surface area contributed by atoms with Crippen LogP contribution in [-0.4, -0.2) is 48.3 Å². The number of rotatable bonds is 1. The lowest BCUT2D eigenvalue weighted by molar-refractivity contribution is 0.110. The fraction of sp³-hybridized carbons (Fsp3) is 1.00. The predicted molar refractivity (Wildman–Crippen MR) is 49.6 cm³/mol. The summed E-state index contributed by atoms with van der Waals surface area (Å²) in [5.41, 5.74) is 0. The first-order valence-corrected chi connectivity index (χ1v) is 4.58. The lowest BCUT2D eigenvalue weighted by Gasteiger charge is -1.90. The molecule has 0 aromatic carbocycles. The molecular weight excluding hydrogens is 172 g/mol. The highest BCUT2D eigenvalue weighted by Gasteiger charge is 2.13. The van der Waals surface area contributed by atoms with Crippen molar-refractivity contribution < 1.29 is 19.7 Å². The predicted octanol–water partition coefficient (Wildman–Crippen LogP) is 0.170. The van der Waals surface area contributed by atoms with E-state index in [2.05, 4.69) is 13.8 Å². The Kier molecular flexibility index (Phi) is 7.17. The molecule has 2 fully saturated rings. The lowest BCUT2D eigenvalue weighted by Crippen LogP contribution is -2.03. The zero-order valence-electron chi connectivity index (χ0n) is 8.56. The van der Waals surface area contributed by atoms with E-state index in [9.17, 15) is 0 Å². The summed E-state index contributed by atoms with van der Waals surface area (Å²) in [4.78, 5) is 0. The van der Waals surface area contributed by atoms with Crippen LogP contribution < -0.4 is 0 Å². The molecular formula is C9H20O4. The Hall–Kier alpha value is -0.160. The molecule has 3 atom stereocenters. The maximum Gasteiger partial charge on any atom is 0.0781 e. The number of hydrogen-bond acceptors (Lipinski definition) is 4. The summed E-state index contributed by atoms with van der Waals surface area (Å²) in [6, 6.07) is 0. The summed E-state index contributed by atoms with van der Waals surface area (Å²) in [6.07, 6.45) is 0.606. The summed E-state index contributed by atoms with van der Waals surface area (Å²) in [5.74, 6) is 0. The highest BCUT2D eigenvalue weighted by molar-refractivity contribution is 4.58. The first kappa shape index (κ1) is 12.8. The van der Waals surface area contributed by atoms with Crippen molar-refractivity contribution in [3.63, 3.8) is 0 Å². The molecule has 0 aromatic heterocycles. The molecule has 4 heteroatoms. The molecule has 0 bridgehead atoms. The molecule has 13 heavy (non-hydrogen) atoms. The zero-order chi connectivity index (χ0) is 10.3. The Morgan fingerprint density at radius 1 is 1.23 bits per heavy atom. The van der Waals surface area contributed by atoms with Gasteiger partial charge in [0.25, 0.3) is 0 Å². The van der Waals surface area contributed by atoms with E-state index in [0.29, 0.717) is 12.2 Å². The second-order valence-corrected chi connectivity index (χ2v) is 3.32. The molecule has 2 N–H and O–H groups in total. The van der Waals surface area contributed by atoms with Gasteiger partial charge in [-0.15, -0.1) is 0 Å². The highest BCUT2D eigenvalue weighted by Crippen LogP contribution is 2.04. The van der Waals surface area contributed by atoms with Crippen LogP contribution in [0.2, 0.25) is 0 Å². The smallest absolute Gasteiger partial charge is 0.0781 e. The molecule has 2 aliphatic rings. The summed E-state index contributed by atoms with van der Waals surface area (Å²) in [7, 11) is 0. The summed E-state index contributed by atoms with van der Waals surface area (Å²) in [5, 5.41) is 16.0. The van der Waals surface area contributed by atoms with Crippen LogP contribution in [0.1, 0.15) is 20.8 Å². The van der Waals surface area contributed by atoms with Gasteiger partial charge >= 0.3 is 0 Å². The quantitative estimate of drug-likeness (QED) is 0.581. The van der Waals surface area contributed by atoms with E-state index in [1.807, 2.05) is 0 Å². The van der Waals surface area contributed by atoms with Crippen LogP contribution in [0, 0.1) is 0 Å². The summed E-state index contributed by atoms with van der Waals surface area (Å²) < 4.78 is 9.42. The number of hydrogen-bond donors (Lipinski definition) is 2. The Bertz CT molecular complexity index is 98.2. The van der Waals surface area contributed by atoms with E-state index < -0.39 is 6.10 Å². The minimum atomic E-state index is -0.560. The van der Waals surface area contributed by atoms with Crippen LogP contribution in [-0.2, 0) is 9.47 Å². The maximum absolute atomic E-state index is 8.11. The van der Waals surface area contributed by atoms with Gasteiger partial charge in [0.15, 0.2) is 0 Å². The second kappa shape index (κ2) is 7.26. The molecule has 0 spiro atoms. The number of epoxide rings is 2. The molecule has 2 rings (SSSR count). The molecule has 2 aliphatic heterocycles. The average molecular weight is 192 g/mol. The molecule has 1 unspecified atom stereocenters. The van der Waals surface area contributed by atoms with Gasteiger partial charge in [-0.25, -0.2) is 0 Å². The van der Waals surface area contributed by atoms with Crippen LogP contribution in [0.15, 0.2) is 0 Å². The van der Waals surface area contributed by atoms with Gasteiger partial charge in [-0.1, -0.05) is 0 Å². The lowest BCUT2D eigenvalue weighted by atomic mass is 10.5. The maximum atomic E-state index is 8.11. The summed E-state index contributed by atoms with van der Waals surface area (Å²) >= 11 is 0. The second-order valence-electron chi connectivity index (χ2n) is 3.32. The van der Waals surface area contributed by atoms with E-state index in [0.717, 1.165) is 13.2 Å². The molecule has 2 heterocycles. The topological polar surface area (TPSA) is 65.5 Å². The summed E-state index contributed by atoms with van der Waals surface area (Å²) in [6.45, 7) is 7.47. The highest BCUT2D eigenvalue weighted by atomic mass is 16.6. The van der Waals surface area contributed by atoms with E-state index in [4.69, 9.17) is 19.7 Å². The van der Waals surface area contributed by atoms with Crippen molar-refractivity contribution in [1.29, 1.82) is 0 Å². The molecule has 0 aliphatic carbocycles. The van der Waals surface area contributed by atoms with Crippen molar-refractivity contribution in [2.45, 2.75) is 39.1 Å².